The molecular weight excluding hydrogens is 212 g/mol. The number of nitrogens with zero attached hydrogens (tertiary/aromatic N) is 2. The summed E-state index contributed by atoms with van der Waals surface area (Å²) in [5.41, 5.74) is 0. The van der Waals surface area contributed by atoms with E-state index in [1.54, 1.807) is 6.07 Å². The van der Waals surface area contributed by atoms with Crippen LogP contribution in [-0.4, -0.2) is 27.7 Å². The fraction of sp³-hybridized carbons (Fsp3) is 0.500. The lowest BCUT2D eigenvalue weighted by Crippen LogP contribution is -2.23. The summed E-state index contributed by atoms with van der Waals surface area (Å²) in [4.78, 5) is 13.6. The third-order valence-electron chi connectivity index (χ3n) is 2.10. The standard InChI is InChI=1S/C10H14N2O4/c1-7(2)8(13)6-16-9-4-3-5-11-10(9)12(14)15/h3-5,7-8,13H,6H2,1-2H3. The van der Waals surface area contributed by atoms with Crippen LogP contribution in [0.25, 0.3) is 0 Å². The van der Waals surface area contributed by atoms with Crippen LogP contribution >= 0.6 is 0 Å². The average Bonchev–Trinajstić information content (AvgIpc) is 2.25. The maximum Gasteiger partial charge on any atom is 0.406 e. The minimum atomic E-state index is -0.653. The van der Waals surface area contributed by atoms with Gasteiger partial charge in [-0.25, -0.2) is 0 Å². The summed E-state index contributed by atoms with van der Waals surface area (Å²) in [6.45, 7) is 3.70. The molecule has 0 amide bonds. The van der Waals surface area contributed by atoms with Gasteiger partial charge in [-0.1, -0.05) is 13.8 Å². The Labute approximate surface area is 93.0 Å². The van der Waals surface area contributed by atoms with Crippen LogP contribution < -0.4 is 4.74 Å². The zero-order valence-electron chi connectivity index (χ0n) is 9.16. The van der Waals surface area contributed by atoms with Crippen molar-refractivity contribution in [3.8, 4) is 5.75 Å². The third-order valence-corrected chi connectivity index (χ3v) is 2.10. The van der Waals surface area contributed by atoms with Gasteiger partial charge in [-0.2, -0.15) is 0 Å². The highest BCUT2D eigenvalue weighted by Crippen LogP contribution is 2.23. The molecule has 0 bridgehead atoms. The van der Waals surface area contributed by atoms with Gasteiger partial charge in [0, 0.05) is 0 Å². The highest BCUT2D eigenvalue weighted by atomic mass is 16.6. The maximum atomic E-state index is 10.6. The molecule has 0 radical (unpaired) electrons. The quantitative estimate of drug-likeness (QED) is 0.605. The molecule has 1 aromatic rings. The summed E-state index contributed by atoms with van der Waals surface area (Å²) >= 11 is 0. The molecule has 0 aliphatic rings. The average molecular weight is 226 g/mol. The molecule has 0 saturated heterocycles. The molecule has 1 aromatic heterocycles. The lowest BCUT2D eigenvalue weighted by atomic mass is 10.1. The first-order valence-corrected chi connectivity index (χ1v) is 4.92. The van der Waals surface area contributed by atoms with Gasteiger partial charge < -0.3 is 20.0 Å². The van der Waals surface area contributed by atoms with Gasteiger partial charge in [-0.3, -0.25) is 0 Å². The van der Waals surface area contributed by atoms with E-state index in [1.165, 1.54) is 12.3 Å². The number of hydrogen-bond acceptors (Lipinski definition) is 5. The largest absolute Gasteiger partial charge is 0.483 e. The van der Waals surface area contributed by atoms with Crippen LogP contribution in [0.2, 0.25) is 0 Å². The smallest absolute Gasteiger partial charge is 0.406 e. The summed E-state index contributed by atoms with van der Waals surface area (Å²) in [5.74, 6) is -0.221. The highest BCUT2D eigenvalue weighted by molar-refractivity contribution is 5.38. The maximum absolute atomic E-state index is 10.6. The van der Waals surface area contributed by atoms with E-state index in [0.717, 1.165) is 0 Å². The van der Waals surface area contributed by atoms with E-state index < -0.39 is 11.0 Å². The third kappa shape index (κ3) is 3.16. The number of pyridine rings is 1. The van der Waals surface area contributed by atoms with Crippen LogP contribution in [-0.2, 0) is 0 Å². The SMILES string of the molecule is CC(C)C(O)COc1cccnc1[N+](=O)[O-]. The number of hydrogen-bond donors (Lipinski definition) is 1. The van der Waals surface area contributed by atoms with Gasteiger partial charge in [-0.05, 0) is 28.0 Å². The molecule has 0 aliphatic heterocycles. The molecule has 0 fully saturated rings. The van der Waals surface area contributed by atoms with Crippen LogP contribution in [0, 0.1) is 16.0 Å². The van der Waals surface area contributed by atoms with Crippen LogP contribution in [0.5, 0.6) is 5.75 Å². The number of aliphatic hydroxyl groups is 1. The monoisotopic (exact) mass is 226 g/mol. The van der Waals surface area contributed by atoms with Crippen molar-refractivity contribution < 1.29 is 14.8 Å². The van der Waals surface area contributed by atoms with Gasteiger partial charge in [0.25, 0.3) is 0 Å². The molecule has 0 saturated carbocycles. The first kappa shape index (κ1) is 12.4. The van der Waals surface area contributed by atoms with Crippen LogP contribution in [0.15, 0.2) is 18.3 Å². The normalized spacial score (nSPS) is 12.5. The molecule has 0 aliphatic carbocycles. The summed E-state index contributed by atoms with van der Waals surface area (Å²) < 4.78 is 5.17. The number of aromatic nitrogens is 1. The Kier molecular flexibility index (Phi) is 4.19. The number of ether oxygens (including phenoxy) is 1. The fourth-order valence-electron chi connectivity index (χ4n) is 1.000. The Hall–Kier alpha value is -1.69. The number of nitro groups is 1. The van der Waals surface area contributed by atoms with Gasteiger partial charge >= 0.3 is 5.82 Å². The molecule has 1 heterocycles. The van der Waals surface area contributed by atoms with Crippen molar-refractivity contribution in [3.63, 3.8) is 0 Å². The van der Waals surface area contributed by atoms with Crippen molar-refractivity contribution in [1.82, 2.24) is 4.98 Å². The van der Waals surface area contributed by atoms with Gasteiger partial charge in [0.2, 0.25) is 5.75 Å². The molecule has 1 N–H and O–H groups in total. The summed E-state index contributed by atoms with van der Waals surface area (Å²) in [6.07, 6.45) is 0.670. The second-order valence-corrected chi connectivity index (χ2v) is 3.70. The molecule has 6 nitrogen and oxygen atoms in total. The lowest BCUT2D eigenvalue weighted by molar-refractivity contribution is -0.390. The van der Waals surface area contributed by atoms with Crippen LogP contribution in [0.4, 0.5) is 5.82 Å². The van der Waals surface area contributed by atoms with E-state index in [1.807, 2.05) is 13.8 Å². The Morgan fingerprint density at radius 2 is 2.31 bits per heavy atom. The van der Waals surface area contributed by atoms with Crippen molar-refractivity contribution in [2.45, 2.75) is 20.0 Å². The molecule has 1 rings (SSSR count). The van der Waals surface area contributed by atoms with E-state index in [-0.39, 0.29) is 24.1 Å². The van der Waals surface area contributed by atoms with Gasteiger partial charge in [0.15, 0.2) is 0 Å². The second-order valence-electron chi connectivity index (χ2n) is 3.70. The molecule has 1 atom stereocenters. The Balaban J connectivity index is 2.70. The highest BCUT2D eigenvalue weighted by Gasteiger charge is 2.17. The molecule has 6 heteroatoms. The molecule has 0 aromatic carbocycles. The van der Waals surface area contributed by atoms with Crippen LogP contribution in [0.1, 0.15) is 13.8 Å². The van der Waals surface area contributed by atoms with E-state index in [9.17, 15) is 15.2 Å². The first-order valence-electron chi connectivity index (χ1n) is 4.92. The van der Waals surface area contributed by atoms with Gasteiger partial charge in [-0.15, -0.1) is 0 Å². The second kappa shape index (κ2) is 5.41. The zero-order valence-corrected chi connectivity index (χ0v) is 9.16. The minimum Gasteiger partial charge on any atom is -0.483 e. The van der Waals surface area contributed by atoms with Crippen LogP contribution in [0.3, 0.4) is 0 Å². The Morgan fingerprint density at radius 1 is 1.62 bits per heavy atom. The van der Waals surface area contributed by atoms with Crippen molar-refractivity contribution in [1.29, 1.82) is 0 Å². The van der Waals surface area contributed by atoms with E-state index >= 15 is 0 Å². The van der Waals surface area contributed by atoms with E-state index in [4.69, 9.17) is 4.74 Å². The lowest BCUT2D eigenvalue weighted by Gasteiger charge is -2.14. The molecule has 1 unspecified atom stereocenters. The number of rotatable bonds is 5. The minimum absolute atomic E-state index is 0.0181. The number of aliphatic hydroxyl groups excluding tert-OH is 1. The summed E-state index contributed by atoms with van der Waals surface area (Å²) in [5, 5.41) is 20.1. The topological polar surface area (TPSA) is 85.5 Å². The van der Waals surface area contributed by atoms with Crippen molar-refractivity contribution >= 4 is 5.82 Å². The molecule has 88 valence electrons. The Bertz CT molecular complexity index is 368. The van der Waals surface area contributed by atoms with E-state index in [0.29, 0.717) is 0 Å². The van der Waals surface area contributed by atoms with E-state index in [2.05, 4.69) is 4.98 Å². The van der Waals surface area contributed by atoms with Gasteiger partial charge in [0.05, 0.1) is 6.10 Å². The van der Waals surface area contributed by atoms with Gasteiger partial charge in [0.1, 0.15) is 12.8 Å². The predicted molar refractivity (Wildman–Crippen MR) is 57.2 cm³/mol. The van der Waals surface area contributed by atoms with Crippen molar-refractivity contribution in [2.24, 2.45) is 5.92 Å². The summed E-state index contributed by atoms with van der Waals surface area (Å²) in [6, 6.07) is 3.00. The Morgan fingerprint density at radius 3 is 2.88 bits per heavy atom. The first-order chi connectivity index (χ1) is 7.52. The van der Waals surface area contributed by atoms with Crippen molar-refractivity contribution in [3.05, 3.63) is 28.4 Å². The molecule has 16 heavy (non-hydrogen) atoms. The predicted octanol–water partition coefficient (Wildman–Crippen LogP) is 1.39. The van der Waals surface area contributed by atoms with Crippen molar-refractivity contribution in [2.75, 3.05) is 6.61 Å². The fourth-order valence-corrected chi connectivity index (χ4v) is 1.000. The summed E-state index contributed by atoms with van der Waals surface area (Å²) in [7, 11) is 0. The zero-order chi connectivity index (χ0) is 12.1. The molecule has 0 spiro atoms. The molecular formula is C10H14N2O4.